The molecule has 1 aromatic rings. The van der Waals surface area contributed by atoms with Gasteiger partial charge < -0.3 is 14.0 Å². The van der Waals surface area contributed by atoms with Crippen LogP contribution in [0.2, 0.25) is 0 Å². The average Bonchev–Trinajstić information content (AvgIpc) is 2.58. The molecule has 0 spiro atoms. The van der Waals surface area contributed by atoms with Gasteiger partial charge in [0.2, 0.25) is 0 Å². The molecule has 29 heavy (non-hydrogen) atoms. The Morgan fingerprint density at radius 1 is 1.17 bits per heavy atom. The maximum atomic E-state index is 14.6. The molecule has 1 fully saturated rings. The van der Waals surface area contributed by atoms with E-state index in [1.165, 1.54) is 38.1 Å². The van der Waals surface area contributed by atoms with Crippen LogP contribution >= 0.6 is 0 Å². The number of benzene rings is 1. The first-order valence-electron chi connectivity index (χ1n) is 9.28. The lowest BCUT2D eigenvalue weighted by atomic mass is 9.84. The van der Waals surface area contributed by atoms with Crippen LogP contribution in [0.5, 0.6) is 0 Å². The van der Waals surface area contributed by atoms with Crippen LogP contribution in [0.3, 0.4) is 0 Å². The summed E-state index contributed by atoms with van der Waals surface area (Å²) in [7, 11) is 0. The molecule has 9 heteroatoms. The van der Waals surface area contributed by atoms with Crippen molar-refractivity contribution in [3.63, 3.8) is 0 Å². The molecular formula is C20H27F2NO5S. The van der Waals surface area contributed by atoms with Gasteiger partial charge in [-0.25, -0.2) is 8.78 Å². The SMILES string of the molecule is CC1(C)OC(=O)C(CCC(CF)(N[S@+]([O-])C(C)(C)C)c2ccccc2F)C(=O)O1. The van der Waals surface area contributed by atoms with Crippen LogP contribution in [0.4, 0.5) is 8.78 Å². The standard InChI is InChI=1S/C20H27F2NO5S/c1-18(2,3)29(26)23-20(12-21,14-8-6-7-9-15(14)22)11-10-13-16(24)27-19(4,5)28-17(13)25/h6-9,13,23H,10-12H2,1-5H3/t20?,29-/m1/s1. The maximum Gasteiger partial charge on any atom is 0.323 e. The van der Waals surface area contributed by atoms with E-state index in [9.17, 15) is 22.9 Å². The van der Waals surface area contributed by atoms with E-state index in [0.29, 0.717) is 0 Å². The Labute approximate surface area is 172 Å². The van der Waals surface area contributed by atoms with Gasteiger partial charge in [0.05, 0.1) is 0 Å². The average molecular weight is 432 g/mol. The van der Waals surface area contributed by atoms with Crippen molar-refractivity contribution in [1.82, 2.24) is 4.72 Å². The molecule has 0 aliphatic carbocycles. The van der Waals surface area contributed by atoms with Gasteiger partial charge >= 0.3 is 11.9 Å². The van der Waals surface area contributed by atoms with Crippen molar-refractivity contribution in [3.05, 3.63) is 35.6 Å². The van der Waals surface area contributed by atoms with Crippen LogP contribution in [-0.4, -0.2) is 33.7 Å². The zero-order valence-electron chi connectivity index (χ0n) is 17.2. The van der Waals surface area contributed by atoms with E-state index in [0.717, 1.165) is 0 Å². The number of cyclic esters (lactones) is 2. The first-order chi connectivity index (χ1) is 13.3. The Bertz CT molecular complexity index is 747. The minimum absolute atomic E-state index is 0.0297. The summed E-state index contributed by atoms with van der Waals surface area (Å²) in [4.78, 5) is 24.5. The second-order valence-electron chi connectivity index (χ2n) is 8.51. The van der Waals surface area contributed by atoms with E-state index in [1.54, 1.807) is 20.8 Å². The fraction of sp³-hybridized carbons (Fsp3) is 0.600. The molecule has 0 saturated carbocycles. The highest BCUT2D eigenvalue weighted by atomic mass is 32.2. The number of rotatable bonds is 7. The van der Waals surface area contributed by atoms with Crippen LogP contribution in [0, 0.1) is 11.7 Å². The zero-order valence-corrected chi connectivity index (χ0v) is 18.0. The summed E-state index contributed by atoms with van der Waals surface area (Å²) in [5.74, 6) is -4.91. The van der Waals surface area contributed by atoms with Crippen molar-refractivity contribution < 1.29 is 32.4 Å². The van der Waals surface area contributed by atoms with Gasteiger partial charge in [-0.05, 0) is 39.7 Å². The largest absolute Gasteiger partial charge is 0.598 e. The van der Waals surface area contributed by atoms with E-state index in [4.69, 9.17) is 9.47 Å². The first-order valence-corrected chi connectivity index (χ1v) is 10.4. The third kappa shape index (κ3) is 5.46. The van der Waals surface area contributed by atoms with Crippen LogP contribution in [0.15, 0.2) is 24.3 Å². The van der Waals surface area contributed by atoms with E-state index in [1.807, 2.05) is 0 Å². The highest BCUT2D eigenvalue weighted by Crippen LogP contribution is 2.35. The molecular weight excluding hydrogens is 404 g/mol. The zero-order chi connectivity index (χ0) is 22.0. The van der Waals surface area contributed by atoms with Gasteiger partial charge in [0.1, 0.15) is 22.8 Å². The molecule has 0 aromatic heterocycles. The summed E-state index contributed by atoms with van der Waals surface area (Å²) in [6.45, 7) is 6.84. The van der Waals surface area contributed by atoms with Crippen molar-refractivity contribution in [2.24, 2.45) is 5.92 Å². The monoisotopic (exact) mass is 431 g/mol. The molecule has 0 bridgehead atoms. The van der Waals surface area contributed by atoms with Gasteiger partial charge in [-0.3, -0.25) is 9.59 Å². The Morgan fingerprint density at radius 3 is 2.21 bits per heavy atom. The Hall–Kier alpha value is -1.71. The number of esters is 2. The molecule has 2 rings (SSSR count). The van der Waals surface area contributed by atoms with E-state index < -0.39 is 57.8 Å². The highest BCUT2D eigenvalue weighted by Gasteiger charge is 2.47. The molecule has 0 radical (unpaired) electrons. The Balaban J connectivity index is 2.34. The number of hydrogen-bond donors (Lipinski definition) is 1. The van der Waals surface area contributed by atoms with Crippen LogP contribution in [0.25, 0.3) is 0 Å². The summed E-state index contributed by atoms with van der Waals surface area (Å²) in [5.41, 5.74) is -1.73. The number of nitrogens with one attached hydrogen (secondary N) is 1. The van der Waals surface area contributed by atoms with Crippen molar-refractivity contribution in [3.8, 4) is 0 Å². The van der Waals surface area contributed by atoms with Crippen molar-refractivity contribution >= 4 is 23.3 Å². The molecule has 1 unspecified atom stereocenters. The second kappa shape index (κ2) is 8.57. The molecule has 2 atom stereocenters. The molecule has 162 valence electrons. The summed E-state index contributed by atoms with van der Waals surface area (Å²) < 4.78 is 53.8. The smallest absolute Gasteiger partial charge is 0.323 e. The Morgan fingerprint density at radius 2 is 1.72 bits per heavy atom. The lowest BCUT2D eigenvalue weighted by Crippen LogP contribution is -2.54. The van der Waals surface area contributed by atoms with Crippen LogP contribution in [-0.2, 0) is 36.0 Å². The van der Waals surface area contributed by atoms with Crippen molar-refractivity contribution in [1.29, 1.82) is 0 Å². The third-order valence-corrected chi connectivity index (χ3v) is 6.27. The Kier molecular flexibility index (Phi) is 6.97. The van der Waals surface area contributed by atoms with Gasteiger partial charge in [0, 0.05) is 30.8 Å². The molecule has 1 heterocycles. The predicted octanol–water partition coefficient (Wildman–Crippen LogP) is 3.27. The maximum absolute atomic E-state index is 14.6. The number of halogens is 2. The predicted molar refractivity (Wildman–Crippen MR) is 104 cm³/mol. The van der Waals surface area contributed by atoms with Crippen molar-refractivity contribution in [2.75, 3.05) is 6.67 Å². The summed E-state index contributed by atoms with van der Waals surface area (Å²) in [6, 6.07) is 5.56. The summed E-state index contributed by atoms with van der Waals surface area (Å²) >= 11 is -1.74. The molecule has 6 nitrogen and oxygen atoms in total. The minimum Gasteiger partial charge on any atom is -0.598 e. The van der Waals surface area contributed by atoms with Crippen molar-refractivity contribution in [2.45, 2.75) is 63.5 Å². The molecule has 1 saturated heterocycles. The third-order valence-electron chi connectivity index (χ3n) is 4.58. The summed E-state index contributed by atoms with van der Waals surface area (Å²) in [6.07, 6.45) is -0.345. The number of carbonyl (C=O) groups is 2. The second-order valence-corrected chi connectivity index (χ2v) is 10.5. The number of alkyl halides is 1. The molecule has 1 aliphatic heterocycles. The van der Waals surface area contributed by atoms with Crippen LogP contribution in [0.1, 0.15) is 53.0 Å². The number of ether oxygens (including phenoxy) is 2. The van der Waals surface area contributed by atoms with E-state index in [-0.39, 0.29) is 18.4 Å². The highest BCUT2D eigenvalue weighted by molar-refractivity contribution is 7.90. The molecule has 1 aliphatic rings. The first kappa shape index (κ1) is 23.6. The normalized spacial score (nSPS) is 20.6. The van der Waals surface area contributed by atoms with Gasteiger partial charge in [0.25, 0.3) is 5.79 Å². The number of carbonyl (C=O) groups excluding carboxylic acids is 2. The summed E-state index contributed by atoms with van der Waals surface area (Å²) in [5, 5.41) is 0. The lowest BCUT2D eigenvalue weighted by Gasteiger charge is -2.38. The minimum atomic E-state index is -1.74. The van der Waals surface area contributed by atoms with Gasteiger partial charge in [-0.2, -0.15) is 0 Å². The van der Waals surface area contributed by atoms with E-state index >= 15 is 0 Å². The quantitative estimate of drug-likeness (QED) is 0.405. The number of hydrogen-bond acceptors (Lipinski definition) is 6. The van der Waals surface area contributed by atoms with Gasteiger partial charge in [-0.15, -0.1) is 4.72 Å². The van der Waals surface area contributed by atoms with Gasteiger partial charge in [-0.1, -0.05) is 18.2 Å². The fourth-order valence-electron chi connectivity index (χ4n) is 2.96. The molecule has 1 aromatic carbocycles. The fourth-order valence-corrected chi connectivity index (χ4v) is 3.88. The van der Waals surface area contributed by atoms with Crippen LogP contribution < -0.4 is 4.72 Å². The van der Waals surface area contributed by atoms with E-state index in [2.05, 4.69) is 4.72 Å². The lowest BCUT2D eigenvalue weighted by molar-refractivity contribution is -0.240. The molecule has 0 amide bonds. The molecule has 1 N–H and O–H groups in total. The topological polar surface area (TPSA) is 87.7 Å². The van der Waals surface area contributed by atoms with Gasteiger partial charge in [0.15, 0.2) is 5.92 Å².